The third kappa shape index (κ3) is 5.85. The summed E-state index contributed by atoms with van der Waals surface area (Å²) in [5, 5.41) is 4.12. The summed E-state index contributed by atoms with van der Waals surface area (Å²) < 4.78 is 0. The summed E-state index contributed by atoms with van der Waals surface area (Å²) in [4.78, 5) is 13.5. The Morgan fingerprint density at radius 2 is 1.84 bits per heavy atom. The summed E-state index contributed by atoms with van der Waals surface area (Å²) >= 11 is 1.68. The first kappa shape index (κ1) is 16.4. The van der Waals surface area contributed by atoms with Gasteiger partial charge in [0, 0.05) is 5.92 Å². The van der Waals surface area contributed by atoms with Crippen LogP contribution in [0.1, 0.15) is 66.2 Å². The van der Waals surface area contributed by atoms with Crippen molar-refractivity contribution in [1.29, 1.82) is 0 Å². The molecule has 3 heteroatoms. The Morgan fingerprint density at radius 3 is 2.37 bits per heavy atom. The van der Waals surface area contributed by atoms with Crippen LogP contribution in [-0.4, -0.2) is 5.91 Å². The number of allylic oxidation sites excluding steroid dienone is 3. The number of carbonyl (C=O) groups is 1. The van der Waals surface area contributed by atoms with E-state index in [1.807, 2.05) is 0 Å². The standard InChI is InChI=1S/C16H27NOS/c1-5-9-15(19-13(4)12(2)3)17-16(18)14-10-7-6-8-11-14/h9,14H,5-8,10-11H2,1-4H3,(H,17,18)/b15-9+. The van der Waals surface area contributed by atoms with E-state index in [1.165, 1.54) is 29.7 Å². The van der Waals surface area contributed by atoms with E-state index in [4.69, 9.17) is 0 Å². The largest absolute Gasteiger partial charge is 0.320 e. The fourth-order valence-electron chi connectivity index (χ4n) is 2.16. The van der Waals surface area contributed by atoms with Crippen molar-refractivity contribution in [2.45, 2.75) is 66.2 Å². The van der Waals surface area contributed by atoms with E-state index in [2.05, 4.69) is 39.1 Å². The maximum absolute atomic E-state index is 12.3. The molecule has 0 aromatic rings. The molecule has 1 fully saturated rings. The Hall–Kier alpha value is -0.700. The van der Waals surface area contributed by atoms with E-state index in [0.717, 1.165) is 24.3 Å². The lowest BCUT2D eigenvalue weighted by molar-refractivity contribution is -0.125. The zero-order chi connectivity index (χ0) is 14.3. The second-order valence-corrected chi connectivity index (χ2v) is 6.72. The van der Waals surface area contributed by atoms with Gasteiger partial charge in [-0.05, 0) is 44.9 Å². The Balaban J connectivity index is 2.60. The first-order valence-corrected chi connectivity index (χ1v) is 8.19. The third-order valence-electron chi connectivity index (χ3n) is 3.58. The van der Waals surface area contributed by atoms with Crippen LogP contribution in [0.2, 0.25) is 0 Å². The topological polar surface area (TPSA) is 29.1 Å². The van der Waals surface area contributed by atoms with Crippen LogP contribution in [-0.2, 0) is 4.79 Å². The monoisotopic (exact) mass is 281 g/mol. The summed E-state index contributed by atoms with van der Waals surface area (Å²) in [6.07, 6.45) is 8.85. The van der Waals surface area contributed by atoms with E-state index in [9.17, 15) is 4.79 Å². The molecule has 108 valence electrons. The minimum atomic E-state index is 0.216. The van der Waals surface area contributed by atoms with Gasteiger partial charge in [-0.3, -0.25) is 4.79 Å². The second kappa shape index (κ2) is 8.47. The summed E-state index contributed by atoms with van der Waals surface area (Å²) in [6, 6.07) is 0. The van der Waals surface area contributed by atoms with Crippen LogP contribution in [0.4, 0.5) is 0 Å². The van der Waals surface area contributed by atoms with Crippen LogP contribution in [0, 0.1) is 5.92 Å². The minimum Gasteiger partial charge on any atom is -0.320 e. The maximum atomic E-state index is 12.3. The highest BCUT2D eigenvalue weighted by Gasteiger charge is 2.21. The molecule has 1 aliphatic carbocycles. The van der Waals surface area contributed by atoms with Crippen molar-refractivity contribution in [3.05, 3.63) is 21.6 Å². The minimum absolute atomic E-state index is 0.216. The van der Waals surface area contributed by atoms with E-state index < -0.39 is 0 Å². The molecule has 1 amide bonds. The number of hydrogen-bond acceptors (Lipinski definition) is 2. The lowest BCUT2D eigenvalue weighted by Crippen LogP contribution is -2.30. The number of carbonyl (C=O) groups excluding carboxylic acids is 1. The molecule has 0 unspecified atom stereocenters. The predicted octanol–water partition coefficient (Wildman–Crippen LogP) is 4.98. The van der Waals surface area contributed by atoms with Gasteiger partial charge in [0.2, 0.25) is 5.91 Å². The molecule has 1 N–H and O–H groups in total. The molecule has 1 rings (SSSR count). The third-order valence-corrected chi connectivity index (χ3v) is 4.78. The highest BCUT2D eigenvalue weighted by Crippen LogP contribution is 2.28. The number of hydrogen-bond donors (Lipinski definition) is 1. The quantitative estimate of drug-likeness (QED) is 0.770. The summed E-state index contributed by atoms with van der Waals surface area (Å²) in [7, 11) is 0. The van der Waals surface area contributed by atoms with Crippen LogP contribution < -0.4 is 5.32 Å². The zero-order valence-electron chi connectivity index (χ0n) is 12.7. The molecule has 0 radical (unpaired) electrons. The van der Waals surface area contributed by atoms with Crippen molar-refractivity contribution in [3.8, 4) is 0 Å². The Kier molecular flexibility index (Phi) is 7.29. The van der Waals surface area contributed by atoms with E-state index in [1.54, 1.807) is 11.8 Å². The molecule has 0 atom stereocenters. The van der Waals surface area contributed by atoms with Gasteiger partial charge in [0.15, 0.2) is 0 Å². The molecular weight excluding hydrogens is 254 g/mol. The SMILES string of the molecule is CC/C=C(\NC(=O)C1CCCCC1)SC(C)=C(C)C. The van der Waals surface area contributed by atoms with Gasteiger partial charge in [-0.15, -0.1) is 0 Å². The molecular formula is C16H27NOS. The van der Waals surface area contributed by atoms with E-state index in [-0.39, 0.29) is 11.8 Å². The van der Waals surface area contributed by atoms with Crippen LogP contribution in [0.15, 0.2) is 21.6 Å². The molecule has 0 aliphatic heterocycles. The molecule has 0 heterocycles. The van der Waals surface area contributed by atoms with Gasteiger partial charge < -0.3 is 5.32 Å². The molecule has 1 aliphatic rings. The summed E-state index contributed by atoms with van der Waals surface area (Å²) in [5.74, 6) is 0.440. The average Bonchev–Trinajstić information content (AvgIpc) is 2.39. The zero-order valence-corrected chi connectivity index (χ0v) is 13.5. The van der Waals surface area contributed by atoms with E-state index in [0.29, 0.717) is 0 Å². The fourth-order valence-corrected chi connectivity index (χ4v) is 3.09. The summed E-state index contributed by atoms with van der Waals surface area (Å²) in [6.45, 7) is 8.42. The van der Waals surface area contributed by atoms with Crippen molar-refractivity contribution < 1.29 is 4.79 Å². The van der Waals surface area contributed by atoms with Crippen LogP contribution in [0.5, 0.6) is 0 Å². The molecule has 0 spiro atoms. The van der Waals surface area contributed by atoms with Crippen molar-refractivity contribution in [3.63, 3.8) is 0 Å². The van der Waals surface area contributed by atoms with Gasteiger partial charge >= 0.3 is 0 Å². The van der Waals surface area contributed by atoms with Gasteiger partial charge in [-0.1, -0.05) is 49.6 Å². The lowest BCUT2D eigenvalue weighted by atomic mass is 9.89. The van der Waals surface area contributed by atoms with Gasteiger partial charge in [-0.25, -0.2) is 0 Å². The number of amides is 1. The van der Waals surface area contributed by atoms with Crippen molar-refractivity contribution >= 4 is 17.7 Å². The molecule has 0 aromatic carbocycles. The molecule has 0 aromatic heterocycles. The van der Waals surface area contributed by atoms with Crippen molar-refractivity contribution in [1.82, 2.24) is 5.32 Å². The van der Waals surface area contributed by atoms with Crippen LogP contribution >= 0.6 is 11.8 Å². The molecule has 0 bridgehead atoms. The first-order chi connectivity index (χ1) is 9.04. The molecule has 0 saturated heterocycles. The number of nitrogens with one attached hydrogen (secondary N) is 1. The maximum Gasteiger partial charge on any atom is 0.227 e. The average molecular weight is 281 g/mol. The number of rotatable bonds is 5. The summed E-state index contributed by atoms with van der Waals surface area (Å²) in [5.41, 5.74) is 1.30. The lowest BCUT2D eigenvalue weighted by Gasteiger charge is -2.21. The molecule has 1 saturated carbocycles. The number of thioether (sulfide) groups is 1. The Morgan fingerprint density at radius 1 is 1.21 bits per heavy atom. The van der Waals surface area contributed by atoms with Crippen LogP contribution in [0.3, 0.4) is 0 Å². The van der Waals surface area contributed by atoms with Crippen molar-refractivity contribution in [2.75, 3.05) is 0 Å². The highest BCUT2D eigenvalue weighted by atomic mass is 32.2. The van der Waals surface area contributed by atoms with Gasteiger partial charge in [-0.2, -0.15) is 0 Å². The highest BCUT2D eigenvalue weighted by molar-refractivity contribution is 8.06. The fraction of sp³-hybridized carbons (Fsp3) is 0.688. The Bertz CT molecular complexity index is 361. The normalized spacial score (nSPS) is 17.2. The second-order valence-electron chi connectivity index (χ2n) is 5.46. The van der Waals surface area contributed by atoms with E-state index >= 15 is 0 Å². The molecule has 19 heavy (non-hydrogen) atoms. The van der Waals surface area contributed by atoms with Gasteiger partial charge in [0.25, 0.3) is 0 Å². The first-order valence-electron chi connectivity index (χ1n) is 7.37. The van der Waals surface area contributed by atoms with Crippen molar-refractivity contribution in [2.24, 2.45) is 5.92 Å². The molecule has 2 nitrogen and oxygen atoms in total. The van der Waals surface area contributed by atoms with Gasteiger partial charge in [0.1, 0.15) is 0 Å². The smallest absolute Gasteiger partial charge is 0.227 e. The predicted molar refractivity (Wildman–Crippen MR) is 84.7 cm³/mol. The Labute approximate surface area is 122 Å². The van der Waals surface area contributed by atoms with Gasteiger partial charge in [0.05, 0.1) is 5.03 Å². The van der Waals surface area contributed by atoms with Crippen LogP contribution in [0.25, 0.3) is 0 Å².